The van der Waals surface area contributed by atoms with E-state index in [9.17, 15) is 0 Å². The number of nitrogens with zero attached hydrogens (tertiary/aromatic N) is 2. The number of thiophene rings is 2. The van der Waals surface area contributed by atoms with Gasteiger partial charge < -0.3 is 0 Å². The molecule has 3 aromatic rings. The minimum atomic E-state index is 0.995. The molecule has 0 radical (unpaired) electrons. The van der Waals surface area contributed by atoms with E-state index in [0.717, 1.165) is 8.02 Å². The lowest BCUT2D eigenvalue weighted by atomic mass is 10.4. The maximum absolute atomic E-state index is 4.14. The van der Waals surface area contributed by atoms with E-state index < -0.39 is 0 Å². The van der Waals surface area contributed by atoms with Crippen LogP contribution in [-0.4, -0.2) is 10.2 Å². The van der Waals surface area contributed by atoms with Gasteiger partial charge in [0.2, 0.25) is 0 Å². The summed E-state index contributed by atoms with van der Waals surface area (Å²) in [5, 5.41) is 11.3. The zero-order valence-corrected chi connectivity index (χ0v) is 11.3. The second-order valence-corrected chi connectivity index (χ2v) is 7.38. The summed E-state index contributed by atoms with van der Waals surface area (Å²) < 4.78 is 3.68. The largest absolute Gasteiger partial charge is 0.178 e. The van der Waals surface area contributed by atoms with E-state index in [1.54, 1.807) is 34.0 Å². The SMILES string of the molecule is Ic1nnc(-c2cc3sccc3s2)s1. The first kappa shape index (κ1) is 9.20. The first-order valence-corrected chi connectivity index (χ1v) is 7.38. The van der Waals surface area contributed by atoms with Gasteiger partial charge in [-0.1, -0.05) is 11.3 Å². The highest BCUT2D eigenvalue weighted by molar-refractivity contribution is 14.1. The predicted molar refractivity (Wildman–Crippen MR) is 71.3 cm³/mol. The van der Waals surface area contributed by atoms with Gasteiger partial charge in [0.15, 0.2) is 8.02 Å². The summed E-state index contributed by atoms with van der Waals surface area (Å²) in [7, 11) is 0. The van der Waals surface area contributed by atoms with Crippen LogP contribution in [0.1, 0.15) is 0 Å². The third-order valence-corrected chi connectivity index (χ3v) is 5.60. The topological polar surface area (TPSA) is 25.8 Å². The van der Waals surface area contributed by atoms with E-state index in [2.05, 4.69) is 50.3 Å². The summed E-state index contributed by atoms with van der Waals surface area (Å²) in [6, 6.07) is 4.35. The van der Waals surface area contributed by atoms with Gasteiger partial charge in [0.05, 0.1) is 4.88 Å². The molecule has 3 aromatic heterocycles. The van der Waals surface area contributed by atoms with Crippen molar-refractivity contribution in [2.75, 3.05) is 0 Å². The van der Waals surface area contributed by atoms with Crippen LogP contribution in [0.4, 0.5) is 0 Å². The molecule has 14 heavy (non-hydrogen) atoms. The summed E-state index contributed by atoms with van der Waals surface area (Å²) in [6.07, 6.45) is 0. The van der Waals surface area contributed by atoms with E-state index in [1.165, 1.54) is 14.3 Å². The number of fused-ring (bicyclic) bond motifs is 1. The Morgan fingerprint density at radius 1 is 1.14 bits per heavy atom. The summed E-state index contributed by atoms with van der Waals surface area (Å²) in [5.41, 5.74) is 0. The second kappa shape index (κ2) is 3.51. The fourth-order valence-corrected chi connectivity index (χ4v) is 4.63. The lowest BCUT2D eigenvalue weighted by Crippen LogP contribution is -1.69. The fourth-order valence-electron chi connectivity index (χ4n) is 1.18. The molecule has 0 N–H and O–H groups in total. The molecule has 0 fully saturated rings. The van der Waals surface area contributed by atoms with Gasteiger partial charge in [0, 0.05) is 9.40 Å². The van der Waals surface area contributed by atoms with Crippen LogP contribution in [0.5, 0.6) is 0 Å². The fraction of sp³-hybridized carbons (Fsp3) is 0. The smallest absolute Gasteiger partial charge is 0.143 e. The first-order chi connectivity index (χ1) is 6.83. The van der Waals surface area contributed by atoms with Crippen molar-refractivity contribution >= 4 is 66.0 Å². The second-order valence-electron chi connectivity index (χ2n) is 2.62. The molecular formula is C8H3IN2S3. The highest BCUT2D eigenvalue weighted by Crippen LogP contribution is 2.37. The van der Waals surface area contributed by atoms with Crippen LogP contribution in [0.15, 0.2) is 17.5 Å². The van der Waals surface area contributed by atoms with Gasteiger partial charge in [-0.2, -0.15) is 0 Å². The average molecular weight is 350 g/mol. The number of hydrogen-bond acceptors (Lipinski definition) is 5. The summed E-state index contributed by atoms with van der Waals surface area (Å²) in [6.45, 7) is 0. The molecule has 0 unspecified atom stereocenters. The van der Waals surface area contributed by atoms with Gasteiger partial charge in [0.1, 0.15) is 0 Å². The molecule has 0 aliphatic rings. The molecule has 3 rings (SSSR count). The van der Waals surface area contributed by atoms with Gasteiger partial charge >= 0.3 is 0 Å². The van der Waals surface area contributed by atoms with Gasteiger partial charge in [0.25, 0.3) is 0 Å². The van der Waals surface area contributed by atoms with Crippen LogP contribution >= 0.6 is 56.6 Å². The van der Waals surface area contributed by atoms with Crippen molar-refractivity contribution in [3.05, 3.63) is 20.5 Å². The maximum Gasteiger partial charge on any atom is 0.178 e. The molecule has 0 spiro atoms. The summed E-state index contributed by atoms with van der Waals surface area (Å²) in [4.78, 5) is 1.23. The molecule has 0 bridgehead atoms. The number of aromatic nitrogens is 2. The summed E-state index contributed by atoms with van der Waals surface area (Å²) in [5.74, 6) is 0. The highest BCUT2D eigenvalue weighted by atomic mass is 127. The third-order valence-electron chi connectivity index (χ3n) is 1.75. The Kier molecular flexibility index (Phi) is 2.31. The van der Waals surface area contributed by atoms with Crippen molar-refractivity contribution in [2.45, 2.75) is 0 Å². The van der Waals surface area contributed by atoms with Crippen LogP contribution in [0.25, 0.3) is 19.3 Å². The van der Waals surface area contributed by atoms with Crippen LogP contribution < -0.4 is 0 Å². The molecule has 2 nitrogen and oxygen atoms in total. The van der Waals surface area contributed by atoms with Crippen molar-refractivity contribution in [2.24, 2.45) is 0 Å². The zero-order valence-electron chi connectivity index (χ0n) is 6.73. The summed E-state index contributed by atoms with van der Waals surface area (Å²) >= 11 is 7.40. The zero-order chi connectivity index (χ0) is 9.54. The molecular weight excluding hydrogens is 347 g/mol. The predicted octanol–water partition coefficient (Wildman–Crippen LogP) is 4.09. The molecule has 0 aromatic carbocycles. The minimum absolute atomic E-state index is 0.995. The van der Waals surface area contributed by atoms with E-state index in [1.807, 2.05) is 0 Å². The Bertz CT molecular complexity index is 551. The standard InChI is InChI=1S/C8H3IN2S3/c9-8-11-10-7(14-8)6-3-5-4(13-6)1-2-12-5/h1-3H. The van der Waals surface area contributed by atoms with E-state index in [0.29, 0.717) is 0 Å². The number of hydrogen-bond donors (Lipinski definition) is 0. The third kappa shape index (κ3) is 1.50. The quantitative estimate of drug-likeness (QED) is 0.618. The minimum Gasteiger partial charge on any atom is -0.143 e. The van der Waals surface area contributed by atoms with Crippen molar-refractivity contribution in [1.82, 2.24) is 10.2 Å². The van der Waals surface area contributed by atoms with E-state index in [4.69, 9.17) is 0 Å². The molecule has 0 aliphatic carbocycles. The molecule has 0 saturated heterocycles. The first-order valence-electron chi connectivity index (χ1n) is 3.79. The Labute approximate surface area is 106 Å². The van der Waals surface area contributed by atoms with E-state index in [-0.39, 0.29) is 0 Å². The van der Waals surface area contributed by atoms with Crippen molar-refractivity contribution in [1.29, 1.82) is 0 Å². The average Bonchev–Trinajstić information content (AvgIpc) is 2.75. The van der Waals surface area contributed by atoms with Gasteiger partial charge in [-0.05, 0) is 40.1 Å². The molecule has 0 saturated carbocycles. The Hall–Kier alpha value is -0.0500. The highest BCUT2D eigenvalue weighted by Gasteiger charge is 2.09. The van der Waals surface area contributed by atoms with Crippen LogP contribution in [0.2, 0.25) is 0 Å². The van der Waals surface area contributed by atoms with Gasteiger partial charge in [-0.15, -0.1) is 32.9 Å². The molecule has 0 atom stereocenters. The lowest BCUT2D eigenvalue weighted by Gasteiger charge is -1.82. The molecule has 3 heterocycles. The number of rotatable bonds is 1. The molecule has 6 heteroatoms. The van der Waals surface area contributed by atoms with Crippen LogP contribution in [-0.2, 0) is 0 Å². The Balaban J connectivity index is 2.18. The lowest BCUT2D eigenvalue weighted by molar-refractivity contribution is 1.08. The van der Waals surface area contributed by atoms with Crippen molar-refractivity contribution < 1.29 is 0 Å². The van der Waals surface area contributed by atoms with Gasteiger partial charge in [-0.3, -0.25) is 0 Å². The Morgan fingerprint density at radius 3 is 2.79 bits per heavy atom. The van der Waals surface area contributed by atoms with Crippen molar-refractivity contribution in [3.63, 3.8) is 0 Å². The molecule has 0 aliphatic heterocycles. The normalized spacial score (nSPS) is 11.2. The monoisotopic (exact) mass is 350 g/mol. The van der Waals surface area contributed by atoms with E-state index >= 15 is 0 Å². The van der Waals surface area contributed by atoms with Crippen molar-refractivity contribution in [3.8, 4) is 9.88 Å². The van der Waals surface area contributed by atoms with Gasteiger partial charge in [-0.25, -0.2) is 0 Å². The van der Waals surface area contributed by atoms with Crippen LogP contribution in [0, 0.1) is 3.01 Å². The molecule has 70 valence electrons. The Morgan fingerprint density at radius 2 is 2.07 bits per heavy atom. The molecule has 0 amide bonds. The number of halogens is 1. The maximum atomic E-state index is 4.14. The van der Waals surface area contributed by atoms with Crippen LogP contribution in [0.3, 0.4) is 0 Å².